The van der Waals surface area contributed by atoms with Gasteiger partial charge in [0.2, 0.25) is 5.91 Å². The first-order valence-corrected chi connectivity index (χ1v) is 7.20. The van der Waals surface area contributed by atoms with Crippen LogP contribution in [0, 0.1) is 5.82 Å². The first-order chi connectivity index (χ1) is 10.5. The minimum atomic E-state index is -0.261. The average molecular weight is 300 g/mol. The van der Waals surface area contributed by atoms with Gasteiger partial charge in [-0.05, 0) is 30.3 Å². The van der Waals surface area contributed by atoms with Crippen LogP contribution in [0.5, 0.6) is 0 Å². The van der Waals surface area contributed by atoms with E-state index in [1.165, 1.54) is 12.1 Å². The molecule has 0 saturated carbocycles. The van der Waals surface area contributed by atoms with Crippen molar-refractivity contribution in [3.8, 4) is 0 Å². The van der Waals surface area contributed by atoms with Crippen molar-refractivity contribution >= 4 is 5.91 Å². The van der Waals surface area contributed by atoms with Crippen LogP contribution in [-0.4, -0.2) is 43.4 Å². The van der Waals surface area contributed by atoms with E-state index in [9.17, 15) is 9.18 Å². The predicted molar refractivity (Wildman–Crippen MR) is 86.0 cm³/mol. The second-order valence-electron chi connectivity index (χ2n) is 5.57. The van der Waals surface area contributed by atoms with Gasteiger partial charge in [-0.1, -0.05) is 42.5 Å². The van der Waals surface area contributed by atoms with Crippen molar-refractivity contribution in [1.82, 2.24) is 9.80 Å². The van der Waals surface area contributed by atoms with Crippen molar-refractivity contribution < 1.29 is 9.18 Å². The highest BCUT2D eigenvalue weighted by molar-refractivity contribution is 5.77. The Hall–Kier alpha value is -2.20. The van der Waals surface area contributed by atoms with E-state index < -0.39 is 0 Å². The van der Waals surface area contributed by atoms with Gasteiger partial charge in [-0.2, -0.15) is 0 Å². The zero-order valence-corrected chi connectivity index (χ0v) is 13.2. The monoisotopic (exact) mass is 300 g/mol. The van der Waals surface area contributed by atoms with Gasteiger partial charge in [-0.25, -0.2) is 4.39 Å². The third-order valence-electron chi connectivity index (χ3n) is 3.63. The minimum absolute atomic E-state index is 0.0329. The van der Waals surface area contributed by atoms with Gasteiger partial charge >= 0.3 is 0 Å². The van der Waals surface area contributed by atoms with Crippen molar-refractivity contribution in [3.05, 3.63) is 71.5 Å². The lowest BCUT2D eigenvalue weighted by Gasteiger charge is -2.29. The fourth-order valence-electron chi connectivity index (χ4n) is 2.43. The van der Waals surface area contributed by atoms with Crippen LogP contribution in [0.4, 0.5) is 4.39 Å². The van der Waals surface area contributed by atoms with Crippen LogP contribution in [0.15, 0.2) is 54.6 Å². The van der Waals surface area contributed by atoms with Gasteiger partial charge in [0, 0.05) is 14.1 Å². The summed E-state index contributed by atoms with van der Waals surface area (Å²) in [5.41, 5.74) is 2.03. The van der Waals surface area contributed by atoms with E-state index in [-0.39, 0.29) is 17.8 Å². The number of likely N-dealkylation sites (N-methyl/N-ethyl adjacent to an activating group) is 2. The lowest BCUT2D eigenvalue weighted by atomic mass is 9.97. The molecule has 0 fully saturated rings. The van der Waals surface area contributed by atoms with Gasteiger partial charge in [0.05, 0.1) is 12.6 Å². The van der Waals surface area contributed by atoms with Crippen LogP contribution in [0.25, 0.3) is 0 Å². The molecule has 1 amide bonds. The lowest BCUT2D eigenvalue weighted by Crippen LogP contribution is -2.36. The molecule has 3 nitrogen and oxygen atoms in total. The van der Waals surface area contributed by atoms with Crippen LogP contribution in [-0.2, 0) is 4.79 Å². The molecule has 0 aromatic heterocycles. The van der Waals surface area contributed by atoms with E-state index in [2.05, 4.69) is 0 Å². The SMILES string of the molecule is CN(C)C(=O)CN(C)C(c1ccccc1)c1ccc(F)cc1. The maximum Gasteiger partial charge on any atom is 0.236 e. The van der Waals surface area contributed by atoms with Crippen LogP contribution in [0.3, 0.4) is 0 Å². The predicted octanol–water partition coefficient (Wildman–Crippen LogP) is 2.94. The molecule has 2 rings (SSSR count). The van der Waals surface area contributed by atoms with Gasteiger partial charge < -0.3 is 4.90 Å². The van der Waals surface area contributed by atoms with Crippen LogP contribution >= 0.6 is 0 Å². The van der Waals surface area contributed by atoms with Gasteiger partial charge in [-0.3, -0.25) is 9.69 Å². The summed E-state index contributed by atoms with van der Waals surface area (Å²) in [6.07, 6.45) is 0. The molecule has 2 aromatic rings. The summed E-state index contributed by atoms with van der Waals surface area (Å²) in [4.78, 5) is 15.5. The molecule has 2 aromatic carbocycles. The molecule has 1 atom stereocenters. The normalized spacial score (nSPS) is 12.2. The average Bonchev–Trinajstić information content (AvgIpc) is 2.50. The molecule has 116 valence electrons. The number of carbonyl (C=O) groups is 1. The van der Waals surface area contributed by atoms with E-state index in [1.54, 1.807) is 31.1 Å². The summed E-state index contributed by atoms with van der Waals surface area (Å²) in [7, 11) is 5.39. The van der Waals surface area contributed by atoms with E-state index >= 15 is 0 Å². The maximum absolute atomic E-state index is 13.2. The minimum Gasteiger partial charge on any atom is -0.348 e. The number of hydrogen-bond donors (Lipinski definition) is 0. The Morgan fingerprint density at radius 2 is 1.50 bits per heavy atom. The number of nitrogens with zero attached hydrogens (tertiary/aromatic N) is 2. The third-order valence-corrected chi connectivity index (χ3v) is 3.63. The molecule has 1 unspecified atom stereocenters. The summed E-state index contributed by atoms with van der Waals surface area (Å²) >= 11 is 0. The number of rotatable bonds is 5. The molecule has 0 bridgehead atoms. The molecule has 4 heteroatoms. The van der Waals surface area contributed by atoms with Crippen molar-refractivity contribution in [3.63, 3.8) is 0 Å². The fourth-order valence-corrected chi connectivity index (χ4v) is 2.43. The molecule has 0 aliphatic rings. The van der Waals surface area contributed by atoms with Crippen LogP contribution in [0.2, 0.25) is 0 Å². The molecule has 0 heterocycles. The molecular formula is C18H21FN2O. The highest BCUT2D eigenvalue weighted by Crippen LogP contribution is 2.27. The largest absolute Gasteiger partial charge is 0.348 e. The van der Waals surface area contributed by atoms with Gasteiger partial charge in [0.1, 0.15) is 5.82 Å². The Kier molecular flexibility index (Phi) is 5.28. The first-order valence-electron chi connectivity index (χ1n) is 7.20. The second kappa shape index (κ2) is 7.18. The van der Waals surface area contributed by atoms with Gasteiger partial charge in [-0.15, -0.1) is 0 Å². The van der Waals surface area contributed by atoms with Gasteiger partial charge in [0.15, 0.2) is 0 Å². The van der Waals surface area contributed by atoms with Crippen molar-refractivity contribution in [2.45, 2.75) is 6.04 Å². The Labute approximate surface area is 131 Å². The first kappa shape index (κ1) is 16.2. The summed E-state index contributed by atoms with van der Waals surface area (Å²) in [5, 5.41) is 0. The van der Waals surface area contributed by atoms with E-state index in [1.807, 2.05) is 42.3 Å². The summed E-state index contributed by atoms with van der Waals surface area (Å²) in [5.74, 6) is -0.229. The van der Waals surface area contributed by atoms with Crippen LogP contribution < -0.4 is 0 Å². The summed E-state index contributed by atoms with van der Waals surface area (Å²) < 4.78 is 13.2. The summed E-state index contributed by atoms with van der Waals surface area (Å²) in [6, 6.07) is 16.3. The molecule has 0 saturated heterocycles. The smallest absolute Gasteiger partial charge is 0.236 e. The molecule has 0 N–H and O–H groups in total. The number of benzene rings is 2. The maximum atomic E-state index is 13.2. The molecular weight excluding hydrogens is 279 g/mol. The topological polar surface area (TPSA) is 23.6 Å². The Morgan fingerprint density at radius 1 is 0.955 bits per heavy atom. The number of hydrogen-bond acceptors (Lipinski definition) is 2. The third kappa shape index (κ3) is 3.92. The van der Waals surface area contributed by atoms with Gasteiger partial charge in [0.25, 0.3) is 0 Å². The van der Waals surface area contributed by atoms with E-state index in [0.29, 0.717) is 6.54 Å². The van der Waals surface area contributed by atoms with E-state index in [4.69, 9.17) is 0 Å². The Balaban J connectivity index is 2.33. The zero-order chi connectivity index (χ0) is 16.1. The Morgan fingerprint density at radius 3 is 2.05 bits per heavy atom. The second-order valence-corrected chi connectivity index (χ2v) is 5.57. The van der Waals surface area contributed by atoms with E-state index in [0.717, 1.165) is 11.1 Å². The molecule has 0 aliphatic heterocycles. The molecule has 0 radical (unpaired) electrons. The molecule has 0 aliphatic carbocycles. The zero-order valence-electron chi connectivity index (χ0n) is 13.2. The molecule has 0 spiro atoms. The number of carbonyl (C=O) groups excluding carboxylic acids is 1. The quantitative estimate of drug-likeness (QED) is 0.847. The molecule has 22 heavy (non-hydrogen) atoms. The highest BCUT2D eigenvalue weighted by atomic mass is 19.1. The van der Waals surface area contributed by atoms with Crippen molar-refractivity contribution in [2.75, 3.05) is 27.7 Å². The van der Waals surface area contributed by atoms with Crippen molar-refractivity contribution in [2.24, 2.45) is 0 Å². The van der Waals surface area contributed by atoms with Crippen molar-refractivity contribution in [1.29, 1.82) is 0 Å². The lowest BCUT2D eigenvalue weighted by molar-refractivity contribution is -0.129. The number of amides is 1. The van der Waals surface area contributed by atoms with Crippen LogP contribution in [0.1, 0.15) is 17.2 Å². The highest BCUT2D eigenvalue weighted by Gasteiger charge is 2.21. The standard InChI is InChI=1S/C18H21FN2O/c1-20(2)17(22)13-21(3)18(14-7-5-4-6-8-14)15-9-11-16(19)12-10-15/h4-12,18H,13H2,1-3H3. The number of halogens is 1. The fraction of sp³-hybridized carbons (Fsp3) is 0.278. The Bertz CT molecular complexity index is 611. The summed E-state index contributed by atoms with van der Waals surface area (Å²) in [6.45, 7) is 0.296.